The molecular weight excluding hydrogens is 494 g/mol. The third kappa shape index (κ3) is 18.7. The van der Waals surface area contributed by atoms with E-state index in [-0.39, 0.29) is 5.91 Å². The molecule has 0 heterocycles. The number of benzene rings is 2. The summed E-state index contributed by atoms with van der Waals surface area (Å²) in [7, 11) is 0. The van der Waals surface area contributed by atoms with Gasteiger partial charge in [-0.2, -0.15) is 0 Å². The molecule has 0 bridgehead atoms. The number of anilines is 1. The lowest BCUT2D eigenvalue weighted by atomic mass is 10.0. The first-order valence-corrected chi connectivity index (χ1v) is 16.5. The van der Waals surface area contributed by atoms with Crippen LogP contribution in [0.15, 0.2) is 54.6 Å². The first-order valence-electron chi connectivity index (χ1n) is 16.5. The van der Waals surface area contributed by atoms with Crippen LogP contribution in [0.1, 0.15) is 135 Å². The molecule has 0 atom stereocenters. The minimum absolute atomic E-state index is 0.0801. The molecule has 0 unspecified atom stereocenters. The van der Waals surface area contributed by atoms with Crippen molar-refractivity contribution in [3.8, 4) is 11.5 Å². The molecule has 40 heavy (non-hydrogen) atoms. The first kappa shape index (κ1) is 33.7. The molecule has 2 aromatic rings. The minimum atomic E-state index is 0.0801. The normalized spacial score (nSPS) is 10.9. The number of rotatable bonds is 26. The number of ether oxygens (including phenoxy) is 2. The van der Waals surface area contributed by atoms with Crippen LogP contribution in [-0.2, 0) is 4.79 Å². The predicted molar refractivity (Wildman–Crippen MR) is 171 cm³/mol. The van der Waals surface area contributed by atoms with E-state index in [0.717, 1.165) is 30.0 Å². The van der Waals surface area contributed by atoms with E-state index in [1.165, 1.54) is 109 Å². The Labute approximate surface area is 245 Å². The summed E-state index contributed by atoms with van der Waals surface area (Å²) < 4.78 is 11.4. The molecule has 2 aromatic carbocycles. The Balaban J connectivity index is 1.35. The van der Waals surface area contributed by atoms with E-state index < -0.39 is 0 Å². The van der Waals surface area contributed by atoms with Crippen LogP contribution in [0, 0.1) is 0 Å². The van der Waals surface area contributed by atoms with Crippen LogP contribution >= 0.6 is 0 Å². The molecule has 1 amide bonds. The molecule has 1 N–H and O–H groups in total. The zero-order valence-corrected chi connectivity index (χ0v) is 25.5. The molecule has 4 heteroatoms. The van der Waals surface area contributed by atoms with Crippen molar-refractivity contribution in [3.05, 3.63) is 54.6 Å². The standard InChI is InChI=1S/C36H57NO3/c1-2-3-4-5-6-7-8-9-10-11-12-13-14-15-16-17-18-19-23-29-36(38)37-33-25-24-28-35(32-33)40-31-30-39-34-26-21-20-22-27-34/h20-22,24-28,32H,2-19,23,29-31H2,1H3,(H,37,38). The fraction of sp³-hybridized carbons (Fsp3) is 0.639. The number of amides is 1. The molecular formula is C36H57NO3. The summed E-state index contributed by atoms with van der Waals surface area (Å²) in [5, 5.41) is 3.01. The van der Waals surface area contributed by atoms with E-state index in [0.29, 0.717) is 19.6 Å². The number of unbranched alkanes of at least 4 members (excludes halogenated alkanes) is 18. The Hall–Kier alpha value is -2.49. The largest absolute Gasteiger partial charge is 0.490 e. The van der Waals surface area contributed by atoms with Gasteiger partial charge < -0.3 is 14.8 Å². The quantitative estimate of drug-likeness (QED) is 0.118. The van der Waals surface area contributed by atoms with Crippen LogP contribution in [0.2, 0.25) is 0 Å². The summed E-state index contributed by atoms with van der Waals surface area (Å²) in [6, 6.07) is 17.3. The van der Waals surface area contributed by atoms with Crippen LogP contribution in [-0.4, -0.2) is 19.1 Å². The van der Waals surface area contributed by atoms with Crippen LogP contribution in [0.5, 0.6) is 11.5 Å². The third-order valence-corrected chi connectivity index (χ3v) is 7.49. The number of carbonyl (C=O) groups is 1. The lowest BCUT2D eigenvalue weighted by molar-refractivity contribution is -0.116. The van der Waals surface area contributed by atoms with Crippen molar-refractivity contribution in [2.45, 2.75) is 135 Å². The van der Waals surface area contributed by atoms with Gasteiger partial charge in [-0.25, -0.2) is 0 Å². The van der Waals surface area contributed by atoms with Gasteiger partial charge >= 0.3 is 0 Å². The summed E-state index contributed by atoms with van der Waals surface area (Å²) in [5.41, 5.74) is 0.782. The van der Waals surface area contributed by atoms with Gasteiger partial charge in [-0.05, 0) is 30.7 Å². The van der Waals surface area contributed by atoms with Gasteiger partial charge in [0.1, 0.15) is 24.7 Å². The summed E-state index contributed by atoms with van der Waals surface area (Å²) in [4.78, 5) is 12.4. The highest BCUT2D eigenvalue weighted by Crippen LogP contribution is 2.19. The van der Waals surface area contributed by atoms with Crippen molar-refractivity contribution < 1.29 is 14.3 Å². The van der Waals surface area contributed by atoms with Crippen LogP contribution in [0.4, 0.5) is 5.69 Å². The van der Waals surface area contributed by atoms with Crippen LogP contribution < -0.4 is 14.8 Å². The van der Waals surface area contributed by atoms with Gasteiger partial charge in [-0.3, -0.25) is 4.79 Å². The molecule has 0 saturated heterocycles. The molecule has 0 spiro atoms. The van der Waals surface area contributed by atoms with Gasteiger partial charge in [0.2, 0.25) is 5.91 Å². The molecule has 0 aromatic heterocycles. The van der Waals surface area contributed by atoms with Gasteiger partial charge in [-0.1, -0.05) is 147 Å². The van der Waals surface area contributed by atoms with Crippen molar-refractivity contribution in [3.63, 3.8) is 0 Å². The van der Waals surface area contributed by atoms with Crippen LogP contribution in [0.3, 0.4) is 0 Å². The van der Waals surface area contributed by atoms with Gasteiger partial charge in [0.05, 0.1) is 0 Å². The van der Waals surface area contributed by atoms with E-state index in [9.17, 15) is 4.79 Å². The second kappa shape index (κ2) is 24.3. The maximum absolute atomic E-state index is 12.4. The summed E-state index contributed by atoms with van der Waals surface area (Å²) in [5.74, 6) is 1.65. The lowest BCUT2D eigenvalue weighted by Gasteiger charge is -2.10. The van der Waals surface area contributed by atoms with Crippen molar-refractivity contribution in [1.29, 1.82) is 0 Å². The molecule has 0 aliphatic heterocycles. The average molecular weight is 552 g/mol. The fourth-order valence-electron chi connectivity index (χ4n) is 5.09. The molecule has 4 nitrogen and oxygen atoms in total. The van der Waals surface area contributed by atoms with Gasteiger partial charge in [-0.15, -0.1) is 0 Å². The maximum atomic E-state index is 12.4. The zero-order chi connectivity index (χ0) is 28.4. The second-order valence-corrected chi connectivity index (χ2v) is 11.2. The van der Waals surface area contributed by atoms with E-state index >= 15 is 0 Å². The van der Waals surface area contributed by atoms with Gasteiger partial charge in [0.25, 0.3) is 0 Å². The molecule has 2 rings (SSSR count). The highest BCUT2D eigenvalue weighted by atomic mass is 16.5. The molecule has 0 fully saturated rings. The number of para-hydroxylation sites is 1. The molecule has 0 aliphatic carbocycles. The predicted octanol–water partition coefficient (Wildman–Crippen LogP) is 10.9. The van der Waals surface area contributed by atoms with Crippen LogP contribution in [0.25, 0.3) is 0 Å². The number of hydrogen-bond acceptors (Lipinski definition) is 3. The van der Waals surface area contributed by atoms with Gasteiger partial charge in [0, 0.05) is 18.2 Å². The second-order valence-electron chi connectivity index (χ2n) is 11.2. The molecule has 0 radical (unpaired) electrons. The Morgan fingerprint density at radius 2 is 1.00 bits per heavy atom. The van der Waals surface area contributed by atoms with Crippen molar-refractivity contribution in [2.75, 3.05) is 18.5 Å². The zero-order valence-electron chi connectivity index (χ0n) is 25.5. The van der Waals surface area contributed by atoms with E-state index in [2.05, 4.69) is 12.2 Å². The third-order valence-electron chi connectivity index (χ3n) is 7.49. The number of carbonyl (C=O) groups excluding carboxylic acids is 1. The Bertz CT molecular complexity index is 854. The summed E-state index contributed by atoms with van der Waals surface area (Å²) in [6.07, 6.45) is 26.4. The Morgan fingerprint density at radius 3 is 1.52 bits per heavy atom. The number of hydrogen-bond donors (Lipinski definition) is 1. The van der Waals surface area contributed by atoms with Crippen molar-refractivity contribution in [2.24, 2.45) is 0 Å². The van der Waals surface area contributed by atoms with E-state index in [4.69, 9.17) is 9.47 Å². The first-order chi connectivity index (χ1) is 19.8. The molecule has 0 saturated carbocycles. The monoisotopic (exact) mass is 551 g/mol. The van der Waals surface area contributed by atoms with Gasteiger partial charge in [0.15, 0.2) is 0 Å². The SMILES string of the molecule is CCCCCCCCCCCCCCCCCCCCCC(=O)Nc1cccc(OCCOc2ccccc2)c1. The van der Waals surface area contributed by atoms with E-state index in [1.807, 2.05) is 54.6 Å². The summed E-state index contributed by atoms with van der Waals surface area (Å²) >= 11 is 0. The van der Waals surface area contributed by atoms with E-state index in [1.54, 1.807) is 0 Å². The Kier molecular flexibility index (Phi) is 20.5. The molecule has 0 aliphatic rings. The topological polar surface area (TPSA) is 47.6 Å². The lowest BCUT2D eigenvalue weighted by Crippen LogP contribution is -2.12. The number of nitrogens with one attached hydrogen (secondary N) is 1. The average Bonchev–Trinajstić information content (AvgIpc) is 2.97. The maximum Gasteiger partial charge on any atom is 0.224 e. The highest BCUT2D eigenvalue weighted by molar-refractivity contribution is 5.90. The summed E-state index contributed by atoms with van der Waals surface area (Å²) in [6.45, 7) is 3.21. The fourth-order valence-corrected chi connectivity index (χ4v) is 5.09. The molecule has 224 valence electrons. The Morgan fingerprint density at radius 1 is 0.550 bits per heavy atom. The van der Waals surface area contributed by atoms with Crippen molar-refractivity contribution in [1.82, 2.24) is 0 Å². The van der Waals surface area contributed by atoms with Crippen molar-refractivity contribution >= 4 is 11.6 Å². The minimum Gasteiger partial charge on any atom is -0.490 e. The highest BCUT2D eigenvalue weighted by Gasteiger charge is 2.04. The smallest absolute Gasteiger partial charge is 0.224 e.